The molecule has 0 fully saturated rings. The molecular formula is C10H8F6O4. The Balaban J connectivity index is 4.02. The van der Waals surface area contributed by atoms with Gasteiger partial charge < -0.3 is 9.47 Å². The molecule has 0 aromatic heterocycles. The molecule has 0 aliphatic heterocycles. The molecule has 0 N–H and O–H groups in total. The first-order valence-corrected chi connectivity index (χ1v) is 4.81. The first-order valence-electron chi connectivity index (χ1n) is 4.81. The van der Waals surface area contributed by atoms with E-state index in [-0.39, 0.29) is 0 Å². The van der Waals surface area contributed by atoms with Crippen LogP contribution < -0.4 is 0 Å². The highest BCUT2D eigenvalue weighted by Crippen LogP contribution is 2.15. The van der Waals surface area contributed by atoms with Crippen LogP contribution in [0.4, 0.5) is 26.3 Å². The fraction of sp³-hybridized carbons (Fsp3) is 0.400. The lowest BCUT2D eigenvalue weighted by atomic mass is 10.4. The van der Waals surface area contributed by atoms with Crippen molar-refractivity contribution in [1.29, 1.82) is 0 Å². The zero-order valence-electron chi connectivity index (χ0n) is 9.62. The summed E-state index contributed by atoms with van der Waals surface area (Å²) in [6.07, 6.45) is -6.60. The van der Waals surface area contributed by atoms with Crippen LogP contribution >= 0.6 is 0 Å². The van der Waals surface area contributed by atoms with E-state index in [4.69, 9.17) is 0 Å². The summed E-state index contributed by atoms with van der Waals surface area (Å²) in [5.41, 5.74) is 0. The summed E-state index contributed by atoms with van der Waals surface area (Å²) >= 11 is 0. The minimum atomic E-state index is -4.67. The van der Waals surface area contributed by atoms with Crippen LogP contribution in [0, 0.1) is 0 Å². The molecule has 0 aliphatic carbocycles. The second-order valence-electron chi connectivity index (χ2n) is 3.16. The summed E-state index contributed by atoms with van der Waals surface area (Å²) in [6.45, 7) is -3.54. The van der Waals surface area contributed by atoms with Crippen LogP contribution in [0.2, 0.25) is 0 Å². The Morgan fingerprint density at radius 1 is 0.750 bits per heavy atom. The lowest BCUT2D eigenvalue weighted by Crippen LogP contribution is -2.19. The summed E-state index contributed by atoms with van der Waals surface area (Å²) in [7, 11) is 0. The van der Waals surface area contributed by atoms with Gasteiger partial charge in [-0.2, -0.15) is 26.3 Å². The van der Waals surface area contributed by atoms with E-state index in [9.17, 15) is 35.9 Å². The predicted molar refractivity (Wildman–Crippen MR) is 52.3 cm³/mol. The Hall–Kier alpha value is -2.00. The van der Waals surface area contributed by atoms with Crippen molar-refractivity contribution in [2.24, 2.45) is 0 Å². The van der Waals surface area contributed by atoms with Crippen molar-refractivity contribution < 1.29 is 45.4 Å². The van der Waals surface area contributed by atoms with Crippen LogP contribution in [0.3, 0.4) is 0 Å². The van der Waals surface area contributed by atoms with Crippen molar-refractivity contribution in [2.75, 3.05) is 13.2 Å². The van der Waals surface area contributed by atoms with E-state index in [2.05, 4.69) is 9.47 Å². The van der Waals surface area contributed by atoms with Gasteiger partial charge in [-0.1, -0.05) is 12.2 Å². The van der Waals surface area contributed by atoms with Crippen molar-refractivity contribution in [3.63, 3.8) is 0 Å². The quantitative estimate of drug-likeness (QED) is 0.338. The number of carbonyl (C=O) groups excluding carboxylic acids is 2. The summed E-state index contributed by atoms with van der Waals surface area (Å²) < 4.78 is 77.2. The molecule has 0 bridgehead atoms. The Labute approximate surface area is 108 Å². The molecule has 0 radical (unpaired) electrons. The van der Waals surface area contributed by atoms with Crippen LogP contribution in [-0.2, 0) is 19.1 Å². The second-order valence-corrected chi connectivity index (χ2v) is 3.16. The van der Waals surface area contributed by atoms with Crippen LogP contribution in [0.25, 0.3) is 0 Å². The predicted octanol–water partition coefficient (Wildman–Crippen LogP) is 2.31. The van der Waals surface area contributed by atoms with Crippen molar-refractivity contribution in [3.8, 4) is 0 Å². The fourth-order valence-corrected chi connectivity index (χ4v) is 0.670. The zero-order chi connectivity index (χ0) is 15.8. The average molecular weight is 306 g/mol. The molecule has 0 saturated carbocycles. The first kappa shape index (κ1) is 18.0. The van der Waals surface area contributed by atoms with E-state index in [1.807, 2.05) is 0 Å². The van der Waals surface area contributed by atoms with Gasteiger partial charge in [0.05, 0.1) is 0 Å². The topological polar surface area (TPSA) is 52.6 Å². The average Bonchev–Trinajstić information content (AvgIpc) is 2.27. The maximum absolute atomic E-state index is 11.6. The van der Waals surface area contributed by atoms with Crippen LogP contribution in [0.5, 0.6) is 0 Å². The first-order chi connectivity index (χ1) is 8.99. The van der Waals surface area contributed by atoms with Crippen LogP contribution in [0.1, 0.15) is 0 Å². The van der Waals surface area contributed by atoms with Crippen molar-refractivity contribution >= 4 is 11.9 Å². The van der Waals surface area contributed by atoms with Crippen molar-refractivity contribution in [2.45, 2.75) is 12.4 Å². The molecule has 0 heterocycles. The van der Waals surface area contributed by atoms with Crippen LogP contribution in [0.15, 0.2) is 24.3 Å². The highest BCUT2D eigenvalue weighted by atomic mass is 19.4. The standard InChI is InChI=1S/C10H8F6O4/c11-9(12,13)5-19-7(17)3-1-2-4-8(18)20-6-10(14,15)16/h1-4H,5-6H2/b3-1-,4-2-. The lowest BCUT2D eigenvalue weighted by Gasteiger charge is -2.05. The molecule has 20 heavy (non-hydrogen) atoms. The molecule has 0 rings (SSSR count). The lowest BCUT2D eigenvalue weighted by molar-refractivity contribution is -0.182. The Morgan fingerprint density at radius 2 is 1.05 bits per heavy atom. The van der Waals surface area contributed by atoms with Gasteiger partial charge in [0.1, 0.15) is 0 Å². The maximum atomic E-state index is 11.6. The molecule has 0 aliphatic rings. The summed E-state index contributed by atoms with van der Waals surface area (Å²) in [5.74, 6) is -2.65. The van der Waals surface area contributed by atoms with Gasteiger partial charge in [0, 0.05) is 12.2 Å². The second kappa shape index (κ2) is 7.56. The van der Waals surface area contributed by atoms with Gasteiger partial charge in [-0.25, -0.2) is 9.59 Å². The number of hydrogen-bond donors (Lipinski definition) is 0. The smallest absolute Gasteiger partial charge is 0.422 e. The van der Waals surface area contributed by atoms with Gasteiger partial charge in [-0.3, -0.25) is 0 Å². The van der Waals surface area contributed by atoms with E-state index < -0.39 is 37.5 Å². The fourth-order valence-electron chi connectivity index (χ4n) is 0.670. The molecule has 10 heteroatoms. The third-order valence-electron chi connectivity index (χ3n) is 1.33. The normalized spacial score (nSPS) is 12.9. The zero-order valence-corrected chi connectivity index (χ0v) is 9.62. The largest absolute Gasteiger partial charge is 0.453 e. The van der Waals surface area contributed by atoms with E-state index in [0.717, 1.165) is 12.2 Å². The van der Waals surface area contributed by atoms with Crippen molar-refractivity contribution in [3.05, 3.63) is 24.3 Å². The molecule has 0 saturated heterocycles. The Morgan fingerprint density at radius 3 is 1.30 bits per heavy atom. The third-order valence-corrected chi connectivity index (χ3v) is 1.33. The Kier molecular flexibility index (Phi) is 6.80. The number of esters is 2. The number of allylic oxidation sites excluding steroid dienone is 2. The van der Waals surface area contributed by atoms with Gasteiger partial charge in [0.2, 0.25) is 0 Å². The van der Waals surface area contributed by atoms with Gasteiger partial charge in [0.25, 0.3) is 0 Å². The Bertz CT molecular complexity index is 356. The molecule has 0 spiro atoms. The summed E-state index contributed by atoms with van der Waals surface area (Å²) in [4.78, 5) is 21.4. The van der Waals surface area contributed by atoms with E-state index >= 15 is 0 Å². The maximum Gasteiger partial charge on any atom is 0.422 e. The highest BCUT2D eigenvalue weighted by molar-refractivity contribution is 5.84. The SMILES string of the molecule is O=C(/C=C\C=C/C(=O)OCC(F)(F)F)OCC(F)(F)F. The number of carbonyl (C=O) groups is 2. The van der Waals surface area contributed by atoms with Gasteiger partial charge >= 0.3 is 24.3 Å². The number of halogens is 6. The number of rotatable bonds is 5. The molecule has 0 aromatic carbocycles. The minimum absolute atomic E-state index is 0.555. The monoisotopic (exact) mass is 306 g/mol. The molecule has 0 unspecified atom stereocenters. The van der Waals surface area contributed by atoms with E-state index in [1.165, 1.54) is 0 Å². The molecule has 4 nitrogen and oxygen atoms in total. The summed E-state index contributed by atoms with van der Waals surface area (Å²) in [5, 5.41) is 0. The van der Waals surface area contributed by atoms with Gasteiger partial charge in [-0.05, 0) is 0 Å². The molecular weight excluding hydrogens is 298 g/mol. The van der Waals surface area contributed by atoms with Crippen LogP contribution in [-0.4, -0.2) is 37.5 Å². The van der Waals surface area contributed by atoms with Gasteiger partial charge in [-0.15, -0.1) is 0 Å². The van der Waals surface area contributed by atoms with E-state index in [0.29, 0.717) is 12.2 Å². The van der Waals surface area contributed by atoms with Gasteiger partial charge in [0.15, 0.2) is 13.2 Å². The number of hydrogen-bond acceptors (Lipinski definition) is 4. The van der Waals surface area contributed by atoms with E-state index in [1.54, 1.807) is 0 Å². The molecule has 0 atom stereocenters. The number of ether oxygens (including phenoxy) is 2. The third kappa shape index (κ3) is 12.5. The van der Waals surface area contributed by atoms with Crippen molar-refractivity contribution in [1.82, 2.24) is 0 Å². The number of alkyl halides is 6. The summed E-state index contributed by atoms with van der Waals surface area (Å²) in [6, 6.07) is 0. The molecule has 0 amide bonds. The minimum Gasteiger partial charge on any atom is -0.453 e. The highest BCUT2D eigenvalue weighted by Gasteiger charge is 2.29. The molecule has 114 valence electrons. The molecule has 0 aromatic rings.